The number of methoxy groups -OCH3 is 1. The molecule has 0 radical (unpaired) electrons. The molecular weight excluding hydrogens is 606 g/mol. The van der Waals surface area contributed by atoms with Gasteiger partial charge < -0.3 is 20.5 Å². The van der Waals surface area contributed by atoms with E-state index >= 15 is 8.78 Å². The first-order valence-corrected chi connectivity index (χ1v) is 14.6. The van der Waals surface area contributed by atoms with Crippen LogP contribution in [0.4, 0.5) is 23.4 Å². The number of carbonyl (C=O) groups excluding carboxylic acids is 2. The van der Waals surface area contributed by atoms with E-state index in [0.29, 0.717) is 21.9 Å². The highest BCUT2D eigenvalue weighted by Crippen LogP contribution is 2.27. The van der Waals surface area contributed by atoms with E-state index in [-0.39, 0.29) is 24.6 Å². The van der Waals surface area contributed by atoms with Gasteiger partial charge in [0.25, 0.3) is 5.56 Å². The van der Waals surface area contributed by atoms with E-state index in [1.165, 1.54) is 7.11 Å². The van der Waals surface area contributed by atoms with Gasteiger partial charge in [0, 0.05) is 18.7 Å². The molecule has 0 saturated heterocycles. The van der Waals surface area contributed by atoms with Crippen molar-refractivity contribution in [2.45, 2.75) is 44.2 Å². The quantitative estimate of drug-likeness (QED) is 0.126. The van der Waals surface area contributed by atoms with Gasteiger partial charge in [-0.3, -0.25) is 14.2 Å². The summed E-state index contributed by atoms with van der Waals surface area (Å²) in [6, 6.07) is 12.2. The minimum absolute atomic E-state index is 0.0875. The summed E-state index contributed by atoms with van der Waals surface area (Å²) >= 11 is 0. The minimum Gasteiger partial charge on any atom is -0.497 e. The fourth-order valence-corrected chi connectivity index (χ4v) is 5.50. The number of anilines is 1. The largest absolute Gasteiger partial charge is 0.497 e. The number of esters is 1. The van der Waals surface area contributed by atoms with Crippen molar-refractivity contribution in [3.8, 4) is 11.4 Å². The zero-order valence-corrected chi connectivity index (χ0v) is 24.8. The number of nitrogens with zero attached hydrogens (tertiary/aromatic N) is 1. The Morgan fingerprint density at radius 2 is 1.57 bits per heavy atom. The highest BCUT2D eigenvalue weighted by molar-refractivity contribution is 6.11. The number of halogens is 4. The Balaban J connectivity index is 1.37. The molecule has 1 aliphatic carbocycles. The topological polar surface area (TPSA) is 113 Å². The van der Waals surface area contributed by atoms with Crippen LogP contribution < -0.4 is 21.3 Å². The molecule has 1 heterocycles. The van der Waals surface area contributed by atoms with Crippen LogP contribution in [0.15, 0.2) is 71.5 Å². The Labute approximate surface area is 261 Å². The van der Waals surface area contributed by atoms with Crippen LogP contribution in [0, 0.1) is 23.3 Å². The predicted molar refractivity (Wildman–Crippen MR) is 162 cm³/mol. The summed E-state index contributed by atoms with van der Waals surface area (Å²) in [7, 11) is 1.53. The van der Waals surface area contributed by atoms with Crippen molar-refractivity contribution in [3.05, 3.63) is 123 Å². The number of ether oxygens (including phenoxy) is 2. The second-order valence-electron chi connectivity index (χ2n) is 10.9. The smallest absolute Gasteiger partial charge is 0.328 e. The molecule has 240 valence electrons. The van der Waals surface area contributed by atoms with Gasteiger partial charge in [0.1, 0.15) is 41.0 Å². The van der Waals surface area contributed by atoms with E-state index in [2.05, 4.69) is 5.32 Å². The lowest BCUT2D eigenvalue weighted by Crippen LogP contribution is -2.33. The average Bonchev–Trinajstić information content (AvgIpc) is 3.53. The maximum atomic E-state index is 15.5. The highest BCUT2D eigenvalue weighted by Gasteiger charge is 2.27. The molecule has 5 rings (SSSR count). The number of nitrogens with one attached hydrogen (secondary N) is 1. The molecule has 1 fully saturated rings. The number of nitrogens with two attached hydrogens (primary N) is 1. The molecular formula is C34H31F4N3O5. The Kier molecular flexibility index (Phi) is 9.86. The molecule has 1 atom stereocenters. The van der Waals surface area contributed by atoms with Crippen LogP contribution in [0.3, 0.4) is 0 Å². The zero-order chi connectivity index (χ0) is 33.0. The van der Waals surface area contributed by atoms with Crippen LogP contribution in [0.5, 0.6) is 5.75 Å². The van der Waals surface area contributed by atoms with Crippen molar-refractivity contribution in [2.75, 3.05) is 19.4 Å². The van der Waals surface area contributed by atoms with E-state index in [4.69, 9.17) is 15.2 Å². The van der Waals surface area contributed by atoms with E-state index in [0.717, 1.165) is 62.1 Å². The van der Waals surface area contributed by atoms with Gasteiger partial charge in [-0.15, -0.1) is 0 Å². The second-order valence-corrected chi connectivity index (χ2v) is 10.9. The van der Waals surface area contributed by atoms with Crippen LogP contribution in [0.1, 0.15) is 58.8 Å². The summed E-state index contributed by atoms with van der Waals surface area (Å²) in [4.78, 5) is 38.8. The molecule has 4 aromatic rings. The molecule has 3 N–H and O–H groups in total. The normalized spacial score (nSPS) is 13.8. The molecule has 1 aromatic heterocycles. The first-order chi connectivity index (χ1) is 22.1. The summed E-state index contributed by atoms with van der Waals surface area (Å²) in [5, 5.41) is 3.12. The Morgan fingerprint density at radius 1 is 0.913 bits per heavy atom. The van der Waals surface area contributed by atoms with Crippen molar-refractivity contribution >= 4 is 17.6 Å². The second kappa shape index (κ2) is 14.0. The summed E-state index contributed by atoms with van der Waals surface area (Å²) in [6.45, 7) is 0.129. The van der Waals surface area contributed by atoms with Crippen molar-refractivity contribution in [1.29, 1.82) is 0 Å². The maximum Gasteiger partial charge on any atom is 0.328 e. The van der Waals surface area contributed by atoms with Gasteiger partial charge in [0.15, 0.2) is 17.4 Å². The lowest BCUT2D eigenvalue weighted by atomic mass is 10.0. The van der Waals surface area contributed by atoms with E-state index in [1.54, 1.807) is 24.3 Å². The van der Waals surface area contributed by atoms with E-state index < -0.39 is 69.3 Å². The number of carbonyl (C=O) groups is 2. The van der Waals surface area contributed by atoms with Gasteiger partial charge >= 0.3 is 5.97 Å². The molecule has 0 unspecified atom stereocenters. The van der Waals surface area contributed by atoms with Crippen molar-refractivity contribution in [2.24, 2.45) is 0 Å². The van der Waals surface area contributed by atoms with Crippen LogP contribution >= 0.6 is 0 Å². The summed E-state index contributed by atoms with van der Waals surface area (Å²) in [5.41, 5.74) is 4.15. The fraction of sp³-hybridized carbons (Fsp3) is 0.265. The number of ketones is 1. The predicted octanol–water partition coefficient (Wildman–Crippen LogP) is 5.57. The lowest BCUT2D eigenvalue weighted by molar-refractivity contribution is -0.151. The number of aromatic nitrogens is 1. The fourth-order valence-electron chi connectivity index (χ4n) is 5.50. The lowest BCUT2D eigenvalue weighted by Gasteiger charge is -2.21. The van der Waals surface area contributed by atoms with Gasteiger partial charge in [0.2, 0.25) is 0 Å². The van der Waals surface area contributed by atoms with Gasteiger partial charge in [-0.05, 0) is 85.7 Å². The maximum absolute atomic E-state index is 15.5. The minimum atomic E-state index is -1.17. The van der Waals surface area contributed by atoms with Crippen molar-refractivity contribution in [3.63, 3.8) is 0 Å². The van der Waals surface area contributed by atoms with Crippen LogP contribution in [-0.4, -0.2) is 36.1 Å². The van der Waals surface area contributed by atoms with Crippen molar-refractivity contribution < 1.29 is 36.6 Å². The van der Waals surface area contributed by atoms with E-state index in [1.807, 2.05) is 0 Å². The van der Waals surface area contributed by atoms with Crippen molar-refractivity contribution in [1.82, 2.24) is 9.88 Å². The number of nitrogen functional groups attached to an aromatic ring is 1. The molecule has 12 heteroatoms. The Hall–Kier alpha value is -4.97. The number of pyridine rings is 1. The number of hydrogen-bond acceptors (Lipinski definition) is 7. The summed E-state index contributed by atoms with van der Waals surface area (Å²) in [6.07, 6.45) is 3.47. The first-order valence-electron chi connectivity index (χ1n) is 14.6. The zero-order valence-electron chi connectivity index (χ0n) is 24.8. The van der Waals surface area contributed by atoms with Gasteiger partial charge in [-0.1, -0.05) is 12.1 Å². The van der Waals surface area contributed by atoms with Crippen LogP contribution in [0.25, 0.3) is 5.69 Å². The molecule has 1 aliphatic rings. The molecule has 1 saturated carbocycles. The molecule has 46 heavy (non-hydrogen) atoms. The molecule has 8 nitrogen and oxygen atoms in total. The Bertz CT molecular complexity index is 1800. The molecule has 0 amide bonds. The van der Waals surface area contributed by atoms with Crippen LogP contribution in [0.2, 0.25) is 0 Å². The van der Waals surface area contributed by atoms with Gasteiger partial charge in [-0.25, -0.2) is 22.4 Å². The number of benzene rings is 3. The molecule has 0 spiro atoms. The molecule has 0 bridgehead atoms. The third kappa shape index (κ3) is 6.96. The average molecular weight is 638 g/mol. The monoisotopic (exact) mass is 637 g/mol. The molecule has 0 aliphatic heterocycles. The Morgan fingerprint density at radius 3 is 2.20 bits per heavy atom. The van der Waals surface area contributed by atoms with Gasteiger partial charge in [0.05, 0.1) is 18.2 Å². The third-order valence-corrected chi connectivity index (χ3v) is 7.88. The van der Waals surface area contributed by atoms with Crippen LogP contribution in [-0.2, 0) is 16.0 Å². The summed E-state index contributed by atoms with van der Waals surface area (Å²) < 4.78 is 69.9. The third-order valence-electron chi connectivity index (χ3n) is 7.88. The van der Waals surface area contributed by atoms with Gasteiger partial charge in [-0.2, -0.15) is 0 Å². The number of rotatable bonds is 11. The molecule has 3 aromatic carbocycles. The number of hydrogen-bond donors (Lipinski definition) is 2. The first kappa shape index (κ1) is 32.4. The van der Waals surface area contributed by atoms with E-state index in [9.17, 15) is 23.2 Å². The SMILES string of the molecule is COc1ccc([C@H](NCCc2cc(F)c(-n3c(N)c(C(=O)c4ccc(F)cc4F)ccc3=O)c(F)c2)C(=O)OC2CCCC2)cc1. The summed E-state index contributed by atoms with van der Waals surface area (Å²) in [5.74, 6) is -5.86. The highest BCUT2D eigenvalue weighted by atomic mass is 19.1. The standard InChI is InChI=1S/C34H31F4N3O5/c1-45-22-9-6-20(7-10-22)30(34(44)46-23-4-2-3-5-23)40-15-14-19-16-27(37)31(28(38)17-19)41-29(42)13-12-25(33(41)39)32(43)24-11-8-21(35)18-26(24)36/h6-13,16-18,23,30,40H,2-5,14-15,39H2,1H3/t30-/m0/s1.